The Hall–Kier alpha value is -0.430. The highest BCUT2D eigenvalue weighted by molar-refractivity contribution is 7.89. The van der Waals surface area contributed by atoms with Gasteiger partial charge in [0, 0.05) is 28.9 Å². The quantitative estimate of drug-likeness (QED) is 0.929. The van der Waals surface area contributed by atoms with Crippen LogP contribution in [0.4, 0.5) is 0 Å². The van der Waals surface area contributed by atoms with Crippen LogP contribution >= 0.6 is 11.3 Å². The summed E-state index contributed by atoms with van der Waals surface area (Å²) in [5, 5.41) is 4.81. The lowest BCUT2D eigenvalue weighted by molar-refractivity contribution is 0.204. The van der Waals surface area contributed by atoms with E-state index in [9.17, 15) is 8.42 Å². The zero-order valence-electron chi connectivity index (χ0n) is 11.7. The largest absolute Gasteiger partial charge is 0.315 e. The molecule has 6 heteroatoms. The van der Waals surface area contributed by atoms with Crippen molar-refractivity contribution in [2.75, 3.05) is 7.05 Å². The van der Waals surface area contributed by atoms with Crippen molar-refractivity contribution in [2.24, 2.45) is 0 Å². The summed E-state index contributed by atoms with van der Waals surface area (Å²) in [5.41, 5.74) is 0. The molecular formula is C13H22N2O2S2. The van der Waals surface area contributed by atoms with Crippen molar-refractivity contribution in [2.45, 2.75) is 56.6 Å². The van der Waals surface area contributed by atoms with Gasteiger partial charge < -0.3 is 5.32 Å². The molecular weight excluding hydrogens is 280 g/mol. The van der Waals surface area contributed by atoms with Crippen molar-refractivity contribution < 1.29 is 8.42 Å². The Labute approximate surface area is 119 Å². The molecule has 2 atom stereocenters. The highest BCUT2D eigenvalue weighted by atomic mass is 32.2. The van der Waals surface area contributed by atoms with E-state index in [0.717, 1.165) is 24.1 Å². The molecule has 1 N–H and O–H groups in total. The van der Waals surface area contributed by atoms with Crippen LogP contribution in [0.25, 0.3) is 0 Å². The number of rotatable bonds is 4. The topological polar surface area (TPSA) is 49.4 Å². The van der Waals surface area contributed by atoms with Gasteiger partial charge in [0.25, 0.3) is 0 Å². The molecule has 0 bridgehead atoms. The first-order valence-electron chi connectivity index (χ1n) is 6.72. The van der Waals surface area contributed by atoms with Crippen molar-refractivity contribution in [3.63, 3.8) is 0 Å². The molecule has 0 radical (unpaired) electrons. The monoisotopic (exact) mass is 302 g/mol. The minimum absolute atomic E-state index is 0.0985. The van der Waals surface area contributed by atoms with Crippen LogP contribution in [-0.2, 0) is 16.6 Å². The van der Waals surface area contributed by atoms with Crippen LogP contribution in [0.3, 0.4) is 0 Å². The van der Waals surface area contributed by atoms with Gasteiger partial charge in [0.05, 0.1) is 4.90 Å². The van der Waals surface area contributed by atoms with E-state index >= 15 is 0 Å². The standard InChI is InChI=1S/C13H22N2O2S2/c1-10-5-4-6-11(2)15(10)19(16,17)13-7-12(8-14-3)18-9-13/h7,9-11,14H,4-6,8H2,1-3H3/t10-,11+. The maximum atomic E-state index is 12.7. The lowest BCUT2D eigenvalue weighted by Crippen LogP contribution is -2.47. The van der Waals surface area contributed by atoms with Crippen molar-refractivity contribution in [1.29, 1.82) is 0 Å². The van der Waals surface area contributed by atoms with Crippen LogP contribution < -0.4 is 5.32 Å². The lowest BCUT2D eigenvalue weighted by Gasteiger charge is -2.37. The fourth-order valence-electron chi connectivity index (χ4n) is 2.76. The third-order valence-electron chi connectivity index (χ3n) is 3.67. The predicted octanol–water partition coefficient (Wildman–Crippen LogP) is 2.42. The summed E-state index contributed by atoms with van der Waals surface area (Å²) in [6.07, 6.45) is 3.02. The van der Waals surface area contributed by atoms with Crippen LogP contribution in [0.5, 0.6) is 0 Å². The molecule has 1 aliphatic rings. The molecule has 2 rings (SSSR count). The van der Waals surface area contributed by atoms with Gasteiger partial charge in [-0.1, -0.05) is 6.42 Å². The molecule has 0 unspecified atom stereocenters. The van der Waals surface area contributed by atoms with Gasteiger partial charge in [-0.2, -0.15) is 4.31 Å². The first-order chi connectivity index (χ1) is 8.96. The summed E-state index contributed by atoms with van der Waals surface area (Å²) in [6, 6.07) is 1.99. The van der Waals surface area contributed by atoms with Crippen LogP contribution in [0, 0.1) is 0 Å². The van der Waals surface area contributed by atoms with Crippen molar-refractivity contribution in [3.05, 3.63) is 16.3 Å². The van der Waals surface area contributed by atoms with Gasteiger partial charge in [0.15, 0.2) is 0 Å². The molecule has 108 valence electrons. The maximum Gasteiger partial charge on any atom is 0.244 e. The Bertz CT molecular complexity index is 515. The van der Waals surface area contributed by atoms with Gasteiger partial charge in [-0.3, -0.25) is 0 Å². The molecule has 1 aliphatic heterocycles. The Kier molecular flexibility index (Phi) is 4.66. The van der Waals surface area contributed by atoms with Crippen molar-refractivity contribution in [1.82, 2.24) is 9.62 Å². The number of sulfonamides is 1. The van der Waals surface area contributed by atoms with Crippen LogP contribution in [0.15, 0.2) is 16.3 Å². The highest BCUT2D eigenvalue weighted by Crippen LogP contribution is 2.31. The second-order valence-corrected chi connectivity index (χ2v) is 8.08. The van der Waals surface area contributed by atoms with Gasteiger partial charge in [-0.05, 0) is 39.8 Å². The molecule has 1 saturated heterocycles. The van der Waals surface area contributed by atoms with Crippen molar-refractivity contribution in [3.8, 4) is 0 Å². The first kappa shape index (κ1) is 15.0. The maximum absolute atomic E-state index is 12.7. The molecule has 0 spiro atoms. The molecule has 0 aromatic carbocycles. The second kappa shape index (κ2) is 5.91. The number of piperidine rings is 1. The fourth-order valence-corrected chi connectivity index (χ4v) is 5.91. The average molecular weight is 302 g/mol. The molecule has 1 fully saturated rings. The number of thiophene rings is 1. The minimum Gasteiger partial charge on any atom is -0.315 e. The highest BCUT2D eigenvalue weighted by Gasteiger charge is 2.35. The summed E-state index contributed by atoms with van der Waals surface area (Å²) in [7, 11) is -1.48. The summed E-state index contributed by atoms with van der Waals surface area (Å²) in [6.45, 7) is 4.73. The number of hydrogen-bond donors (Lipinski definition) is 1. The molecule has 19 heavy (non-hydrogen) atoms. The molecule has 0 amide bonds. The molecule has 0 saturated carbocycles. The van der Waals surface area contributed by atoms with Crippen molar-refractivity contribution >= 4 is 21.4 Å². The zero-order chi connectivity index (χ0) is 14.0. The van der Waals surface area contributed by atoms with E-state index in [4.69, 9.17) is 0 Å². The van der Waals surface area contributed by atoms with Crippen LogP contribution in [0.2, 0.25) is 0 Å². The van der Waals surface area contributed by atoms with E-state index in [2.05, 4.69) is 5.32 Å². The lowest BCUT2D eigenvalue weighted by atomic mass is 10.0. The van der Waals surface area contributed by atoms with Gasteiger partial charge >= 0.3 is 0 Å². The number of nitrogens with one attached hydrogen (secondary N) is 1. The van der Waals surface area contributed by atoms with E-state index in [1.807, 2.05) is 20.9 Å². The average Bonchev–Trinajstić information content (AvgIpc) is 2.78. The zero-order valence-corrected chi connectivity index (χ0v) is 13.4. The molecule has 1 aromatic rings. The van der Waals surface area contributed by atoms with Gasteiger partial charge in [0.1, 0.15) is 0 Å². The molecule has 0 aliphatic carbocycles. The van der Waals surface area contributed by atoms with Gasteiger partial charge in [-0.15, -0.1) is 11.3 Å². The number of nitrogens with zero attached hydrogens (tertiary/aromatic N) is 1. The van der Waals surface area contributed by atoms with Crippen LogP contribution in [-0.4, -0.2) is 31.9 Å². The first-order valence-corrected chi connectivity index (χ1v) is 9.04. The fraction of sp³-hybridized carbons (Fsp3) is 0.692. The van der Waals surface area contributed by atoms with E-state index in [0.29, 0.717) is 11.4 Å². The Morgan fingerprint density at radius 2 is 2.00 bits per heavy atom. The minimum atomic E-state index is -3.34. The summed E-state index contributed by atoms with van der Waals surface area (Å²) in [4.78, 5) is 1.50. The summed E-state index contributed by atoms with van der Waals surface area (Å²) >= 11 is 1.50. The van der Waals surface area contributed by atoms with Gasteiger partial charge in [-0.25, -0.2) is 8.42 Å². The SMILES string of the molecule is CNCc1cc(S(=O)(=O)N2[C@H](C)CCC[C@@H]2C)cs1. The second-order valence-electron chi connectivity index (χ2n) is 5.24. The molecule has 2 heterocycles. The summed E-state index contributed by atoms with van der Waals surface area (Å²) in [5.74, 6) is 0. The Morgan fingerprint density at radius 1 is 1.37 bits per heavy atom. The molecule has 1 aromatic heterocycles. The third kappa shape index (κ3) is 3.02. The van der Waals surface area contributed by atoms with Crippen LogP contribution in [0.1, 0.15) is 38.0 Å². The predicted molar refractivity (Wildman–Crippen MR) is 78.9 cm³/mol. The van der Waals surface area contributed by atoms with E-state index in [1.165, 1.54) is 11.3 Å². The summed E-state index contributed by atoms with van der Waals surface area (Å²) < 4.78 is 27.2. The Balaban J connectivity index is 2.29. The third-order valence-corrected chi connectivity index (χ3v) is 6.86. The van der Waals surface area contributed by atoms with E-state index in [1.54, 1.807) is 15.8 Å². The smallest absolute Gasteiger partial charge is 0.244 e. The number of hydrogen-bond acceptors (Lipinski definition) is 4. The Morgan fingerprint density at radius 3 is 2.58 bits per heavy atom. The van der Waals surface area contributed by atoms with E-state index < -0.39 is 10.0 Å². The van der Waals surface area contributed by atoms with Gasteiger partial charge in [0.2, 0.25) is 10.0 Å². The normalized spacial score (nSPS) is 25.6. The molecule has 4 nitrogen and oxygen atoms in total. The van der Waals surface area contributed by atoms with E-state index in [-0.39, 0.29) is 12.1 Å².